The van der Waals surface area contributed by atoms with Crippen LogP contribution in [0.2, 0.25) is 5.02 Å². The van der Waals surface area contributed by atoms with Crippen molar-refractivity contribution in [2.45, 2.75) is 51.5 Å². The van der Waals surface area contributed by atoms with E-state index in [0.717, 1.165) is 69.7 Å². The SMILES string of the molecule is COc1c(Nc2ncc(Cl)c(N)n2)ccc2c1CCCC(N1CCN(C)CC1)C2.C[C@@H]1C=CC[C@H](C(N)=O)C1. The van der Waals surface area contributed by atoms with E-state index in [2.05, 4.69) is 57.3 Å². The number of aromatic nitrogens is 2. The predicted octanol–water partition coefficient (Wildman–Crippen LogP) is 4.03. The summed E-state index contributed by atoms with van der Waals surface area (Å²) in [5.74, 6) is 1.99. The van der Waals surface area contributed by atoms with Gasteiger partial charge in [-0.25, -0.2) is 4.98 Å². The molecule has 0 saturated carbocycles. The minimum Gasteiger partial charge on any atom is -0.494 e. The first-order chi connectivity index (χ1) is 18.7. The number of likely N-dealkylation sites (N-methyl/N-ethyl adjacent to an activating group) is 1. The number of carbonyl (C=O) groups is 1. The summed E-state index contributed by atoms with van der Waals surface area (Å²) in [6, 6.07) is 4.87. The van der Waals surface area contributed by atoms with E-state index < -0.39 is 0 Å². The Morgan fingerprint density at radius 3 is 2.64 bits per heavy atom. The van der Waals surface area contributed by atoms with E-state index in [1.54, 1.807) is 7.11 Å². The molecule has 2 aliphatic carbocycles. The Labute approximate surface area is 236 Å². The number of carbonyl (C=O) groups excluding carboxylic acids is 1. The summed E-state index contributed by atoms with van der Waals surface area (Å²) in [6.45, 7) is 6.72. The number of amides is 1. The maximum Gasteiger partial charge on any atom is 0.229 e. The molecule has 2 heterocycles. The molecule has 1 amide bonds. The number of hydrogen-bond donors (Lipinski definition) is 3. The van der Waals surface area contributed by atoms with Gasteiger partial charge in [-0.05, 0) is 68.7 Å². The molecule has 1 saturated heterocycles. The molecule has 1 aromatic heterocycles. The highest BCUT2D eigenvalue weighted by atomic mass is 35.5. The zero-order valence-electron chi connectivity index (χ0n) is 23.3. The van der Waals surface area contributed by atoms with Crippen molar-refractivity contribution in [3.05, 3.63) is 46.6 Å². The minimum atomic E-state index is -0.156. The molecule has 5 rings (SSSR count). The van der Waals surface area contributed by atoms with Crippen LogP contribution < -0.4 is 21.5 Å². The molecule has 1 fully saturated rings. The number of nitrogens with two attached hydrogens (primary N) is 2. The molecule has 3 atom stereocenters. The Morgan fingerprint density at radius 1 is 1.23 bits per heavy atom. The van der Waals surface area contributed by atoms with Crippen LogP contribution in [0, 0.1) is 11.8 Å². The highest BCUT2D eigenvalue weighted by molar-refractivity contribution is 6.32. The third-order valence-electron chi connectivity index (χ3n) is 8.00. The maximum atomic E-state index is 10.7. The molecule has 1 aliphatic heterocycles. The van der Waals surface area contributed by atoms with E-state index >= 15 is 0 Å². The Bertz CT molecular complexity index is 1170. The Balaban J connectivity index is 0.000000298. The number of allylic oxidation sites excluding steroid dienone is 2. The number of anilines is 3. The lowest BCUT2D eigenvalue weighted by atomic mass is 9.87. The van der Waals surface area contributed by atoms with Crippen LogP contribution in [0.5, 0.6) is 5.75 Å². The monoisotopic (exact) mass is 555 g/mol. The van der Waals surface area contributed by atoms with Gasteiger partial charge in [0.1, 0.15) is 16.6 Å². The van der Waals surface area contributed by atoms with Crippen LogP contribution in [0.3, 0.4) is 0 Å². The Kier molecular flexibility index (Phi) is 10.0. The van der Waals surface area contributed by atoms with Crippen molar-refractivity contribution in [1.82, 2.24) is 19.8 Å². The minimum absolute atomic E-state index is 0.0833. The molecular weight excluding hydrogens is 514 g/mol. The van der Waals surface area contributed by atoms with Gasteiger partial charge in [0.25, 0.3) is 0 Å². The second-order valence-corrected chi connectivity index (χ2v) is 11.3. The highest BCUT2D eigenvalue weighted by Gasteiger charge is 2.27. The van der Waals surface area contributed by atoms with Crippen LogP contribution >= 0.6 is 11.6 Å². The first-order valence-electron chi connectivity index (χ1n) is 13.9. The molecule has 2 aromatic rings. The van der Waals surface area contributed by atoms with E-state index in [0.29, 0.717) is 22.9 Å². The fourth-order valence-electron chi connectivity index (χ4n) is 5.73. The Hall–Kier alpha value is -2.88. The lowest BCUT2D eigenvalue weighted by Gasteiger charge is -2.37. The standard InChI is InChI=1S/C21H29ClN6O.C8H13NO/c1-27-8-10-28(11-9-27)15-4-3-5-16-14(12-15)6-7-18(19(16)29-2)25-21-24-13-17(22)20(23)26-21;1-6-3-2-4-7(5-6)8(9)10/h6-7,13,15H,3-5,8-12H2,1-2H3,(H3,23,24,25,26);2-3,6-7H,4-5H2,1H3,(H2,9,10)/t;6-,7+/m.1/s1. The zero-order chi connectivity index (χ0) is 27.9. The molecule has 0 spiro atoms. The van der Waals surface area contributed by atoms with Gasteiger partial charge in [-0.15, -0.1) is 0 Å². The van der Waals surface area contributed by atoms with Crippen molar-refractivity contribution in [3.63, 3.8) is 0 Å². The molecular formula is C29H42ClN7O2. The van der Waals surface area contributed by atoms with Gasteiger partial charge in [0.05, 0.1) is 19.0 Å². The number of hydrogen-bond acceptors (Lipinski definition) is 8. The highest BCUT2D eigenvalue weighted by Crippen LogP contribution is 2.37. The number of nitrogens with zero attached hydrogens (tertiary/aromatic N) is 4. The molecule has 1 unspecified atom stereocenters. The summed E-state index contributed by atoms with van der Waals surface area (Å²) in [6.07, 6.45) is 11.9. The normalized spacial score (nSPS) is 23.6. The van der Waals surface area contributed by atoms with Crippen molar-refractivity contribution in [1.29, 1.82) is 0 Å². The molecule has 39 heavy (non-hydrogen) atoms. The fraction of sp³-hybridized carbons (Fsp3) is 0.552. The van der Waals surface area contributed by atoms with Crippen LogP contribution in [-0.4, -0.2) is 72.1 Å². The molecule has 5 N–H and O–H groups in total. The zero-order valence-corrected chi connectivity index (χ0v) is 24.1. The van der Waals surface area contributed by atoms with Gasteiger partial charge in [0.2, 0.25) is 11.9 Å². The molecule has 1 aromatic carbocycles. The fourth-order valence-corrected chi connectivity index (χ4v) is 5.82. The predicted molar refractivity (Wildman–Crippen MR) is 157 cm³/mol. The summed E-state index contributed by atoms with van der Waals surface area (Å²) in [7, 11) is 3.93. The summed E-state index contributed by atoms with van der Waals surface area (Å²) < 4.78 is 5.82. The van der Waals surface area contributed by atoms with Gasteiger partial charge in [-0.1, -0.05) is 36.7 Å². The van der Waals surface area contributed by atoms with Gasteiger partial charge >= 0.3 is 0 Å². The molecule has 3 aliphatic rings. The average molecular weight is 556 g/mol. The van der Waals surface area contributed by atoms with Crippen molar-refractivity contribution >= 4 is 35.0 Å². The number of nitrogens with one attached hydrogen (secondary N) is 1. The van der Waals surface area contributed by atoms with E-state index in [9.17, 15) is 4.79 Å². The quantitative estimate of drug-likeness (QED) is 0.373. The number of rotatable bonds is 5. The first-order valence-corrected chi connectivity index (χ1v) is 14.2. The number of ether oxygens (including phenoxy) is 1. The van der Waals surface area contributed by atoms with Crippen LogP contribution in [0.4, 0.5) is 17.5 Å². The van der Waals surface area contributed by atoms with Gasteiger partial charge in [-0.3, -0.25) is 9.69 Å². The molecule has 0 radical (unpaired) electrons. The second-order valence-electron chi connectivity index (χ2n) is 10.9. The summed E-state index contributed by atoms with van der Waals surface area (Å²) in [5, 5.41) is 3.59. The summed E-state index contributed by atoms with van der Waals surface area (Å²) in [4.78, 5) is 24.2. The average Bonchev–Trinajstić information content (AvgIpc) is 3.14. The number of piperazine rings is 1. The summed E-state index contributed by atoms with van der Waals surface area (Å²) in [5.41, 5.74) is 14.5. The molecule has 9 nitrogen and oxygen atoms in total. The third-order valence-corrected chi connectivity index (χ3v) is 8.29. The number of primary amides is 1. The van der Waals surface area contributed by atoms with Gasteiger partial charge in [0, 0.05) is 38.1 Å². The largest absolute Gasteiger partial charge is 0.494 e. The van der Waals surface area contributed by atoms with Crippen LogP contribution in [0.15, 0.2) is 30.5 Å². The van der Waals surface area contributed by atoms with Crippen molar-refractivity contribution in [2.24, 2.45) is 17.6 Å². The van der Waals surface area contributed by atoms with Crippen molar-refractivity contribution < 1.29 is 9.53 Å². The summed E-state index contributed by atoms with van der Waals surface area (Å²) >= 11 is 5.93. The Morgan fingerprint density at radius 2 is 2.00 bits per heavy atom. The number of nitrogen functional groups attached to an aromatic ring is 1. The van der Waals surface area contributed by atoms with E-state index in [4.69, 9.17) is 27.8 Å². The number of fused-ring (bicyclic) bond motifs is 1. The lowest BCUT2D eigenvalue weighted by Crippen LogP contribution is -2.49. The smallest absolute Gasteiger partial charge is 0.229 e. The van der Waals surface area contributed by atoms with Gasteiger partial charge in [-0.2, -0.15) is 4.98 Å². The number of halogens is 1. The first kappa shape index (κ1) is 29.1. The maximum absolute atomic E-state index is 10.7. The lowest BCUT2D eigenvalue weighted by molar-refractivity contribution is -0.122. The number of methoxy groups -OCH3 is 1. The van der Waals surface area contributed by atoms with Gasteiger partial charge in [0.15, 0.2) is 0 Å². The molecule has 0 bridgehead atoms. The third kappa shape index (κ3) is 7.62. The van der Waals surface area contributed by atoms with Crippen LogP contribution in [0.25, 0.3) is 0 Å². The van der Waals surface area contributed by atoms with Crippen molar-refractivity contribution in [2.75, 3.05) is 51.4 Å². The number of benzene rings is 1. The van der Waals surface area contributed by atoms with Crippen LogP contribution in [0.1, 0.15) is 43.7 Å². The van der Waals surface area contributed by atoms with Crippen LogP contribution in [-0.2, 0) is 17.6 Å². The van der Waals surface area contributed by atoms with E-state index in [1.165, 1.54) is 23.7 Å². The van der Waals surface area contributed by atoms with E-state index in [-0.39, 0.29) is 17.6 Å². The van der Waals surface area contributed by atoms with Gasteiger partial charge < -0.3 is 26.4 Å². The topological polar surface area (TPSA) is 123 Å². The second kappa shape index (κ2) is 13.5. The molecule has 212 valence electrons. The molecule has 10 heteroatoms. The van der Waals surface area contributed by atoms with E-state index in [1.807, 2.05) is 6.08 Å². The van der Waals surface area contributed by atoms with Crippen molar-refractivity contribution in [3.8, 4) is 5.75 Å².